The minimum absolute atomic E-state index is 0.0248. The van der Waals surface area contributed by atoms with Crippen LogP contribution in [0, 0.1) is 71.0 Å². The number of phenols is 2. The maximum Gasteiger partial charge on any atom is 0.127 e. The highest BCUT2D eigenvalue weighted by Crippen LogP contribution is 2.74. The van der Waals surface area contributed by atoms with Crippen LogP contribution in [-0.2, 0) is 21.7 Å². The Bertz CT molecular complexity index is 1380. The molecule has 16 saturated carbocycles. The topological polar surface area (TPSA) is 40.5 Å². The molecule has 2 N–H and O–H groups in total. The van der Waals surface area contributed by atoms with Crippen LogP contribution in [0.5, 0.6) is 11.5 Å². The van der Waals surface area contributed by atoms with Gasteiger partial charge in [-0.1, -0.05) is 0 Å². The highest BCUT2D eigenvalue weighted by Gasteiger charge is 2.63. The summed E-state index contributed by atoms with van der Waals surface area (Å²) in [6.45, 7) is 0. The minimum Gasteiger partial charge on any atom is -0.507 e. The van der Waals surface area contributed by atoms with E-state index in [2.05, 4.69) is 0 Å². The number of phenolic OH excluding ortho intramolecular Hbond substituents is 2. The molecule has 1 aromatic rings. The predicted octanol–water partition coefficient (Wildman–Crippen LogP) is 11.0. The molecule has 16 fully saturated rings. The molecular weight excluding hydrogens is 585 g/mol. The van der Waals surface area contributed by atoms with Crippen molar-refractivity contribution < 1.29 is 10.2 Å². The Labute approximate surface area is 290 Å². The lowest BCUT2D eigenvalue weighted by Crippen LogP contribution is -2.55. The molecule has 0 aliphatic heterocycles. The first-order chi connectivity index (χ1) is 23.2. The number of aromatic hydroxyl groups is 2. The first-order valence-electron chi connectivity index (χ1n) is 21.9. The van der Waals surface area contributed by atoms with Crippen LogP contribution in [0.4, 0.5) is 0 Å². The first kappa shape index (κ1) is 28.4. The molecule has 17 rings (SSSR count). The molecule has 16 aliphatic carbocycles. The van der Waals surface area contributed by atoms with E-state index in [9.17, 15) is 10.2 Å². The van der Waals surface area contributed by atoms with E-state index in [1.165, 1.54) is 160 Å². The molecule has 48 heavy (non-hydrogen) atoms. The van der Waals surface area contributed by atoms with Crippen molar-refractivity contribution in [3.8, 4) is 11.5 Å². The van der Waals surface area contributed by atoms with Gasteiger partial charge in [-0.05, 0) is 236 Å². The molecule has 258 valence electrons. The molecule has 16 aliphatic rings. The Morgan fingerprint density at radius 1 is 0.250 bits per heavy atom. The van der Waals surface area contributed by atoms with E-state index in [1.807, 2.05) is 0 Å². The van der Waals surface area contributed by atoms with Crippen LogP contribution in [0.15, 0.2) is 0 Å². The Hall–Kier alpha value is -1.18. The first-order valence-corrected chi connectivity index (χ1v) is 21.9. The zero-order valence-corrected chi connectivity index (χ0v) is 29.8. The summed E-state index contributed by atoms with van der Waals surface area (Å²) in [7, 11) is 0. The van der Waals surface area contributed by atoms with Crippen molar-refractivity contribution in [3.05, 3.63) is 22.3 Å². The van der Waals surface area contributed by atoms with Gasteiger partial charge in [0.05, 0.1) is 0 Å². The Balaban J connectivity index is 1.13. The molecule has 16 bridgehead atoms. The van der Waals surface area contributed by atoms with Gasteiger partial charge in [0.1, 0.15) is 11.5 Å². The van der Waals surface area contributed by atoms with Crippen LogP contribution in [0.2, 0.25) is 0 Å². The second kappa shape index (κ2) is 9.06. The summed E-state index contributed by atoms with van der Waals surface area (Å²) < 4.78 is 0. The summed E-state index contributed by atoms with van der Waals surface area (Å²) in [4.78, 5) is 0. The fraction of sp³-hybridized carbons (Fsp3) is 0.870. The summed E-state index contributed by atoms with van der Waals surface area (Å²) in [6.07, 6.45) is 33.4. The molecule has 2 nitrogen and oxygen atoms in total. The highest BCUT2D eigenvalue weighted by molar-refractivity contribution is 5.68. The van der Waals surface area contributed by atoms with Gasteiger partial charge in [0, 0.05) is 32.9 Å². The third-order valence-electron chi connectivity index (χ3n) is 19.7. The predicted molar refractivity (Wildman–Crippen MR) is 189 cm³/mol. The van der Waals surface area contributed by atoms with Crippen molar-refractivity contribution in [3.63, 3.8) is 0 Å². The van der Waals surface area contributed by atoms with Gasteiger partial charge in [-0.25, -0.2) is 0 Å². The van der Waals surface area contributed by atoms with Crippen molar-refractivity contribution in [2.45, 2.75) is 176 Å². The quantitative estimate of drug-likeness (QED) is 0.342. The lowest BCUT2D eigenvalue weighted by Gasteiger charge is -2.64. The van der Waals surface area contributed by atoms with E-state index in [4.69, 9.17) is 0 Å². The van der Waals surface area contributed by atoms with Crippen molar-refractivity contribution >= 4 is 0 Å². The van der Waals surface area contributed by atoms with Crippen LogP contribution in [0.25, 0.3) is 0 Å². The lowest BCUT2D eigenvalue weighted by molar-refractivity contribution is -0.0273. The molecule has 0 aromatic heterocycles. The average Bonchev–Trinajstić information content (AvgIpc) is 2.98. The molecule has 0 radical (unpaired) electrons. The molecule has 1 aromatic carbocycles. The van der Waals surface area contributed by atoms with E-state index < -0.39 is 0 Å². The number of benzene rings is 1. The van der Waals surface area contributed by atoms with Gasteiger partial charge in [-0.2, -0.15) is 0 Å². The van der Waals surface area contributed by atoms with Crippen molar-refractivity contribution in [1.82, 2.24) is 0 Å². The maximum absolute atomic E-state index is 13.6. The molecule has 0 heterocycles. The molecule has 0 unspecified atom stereocenters. The van der Waals surface area contributed by atoms with Gasteiger partial charge < -0.3 is 10.2 Å². The summed E-state index contributed by atoms with van der Waals surface area (Å²) in [5, 5.41) is 27.2. The van der Waals surface area contributed by atoms with Gasteiger partial charge in [-0.15, -0.1) is 0 Å². The van der Waals surface area contributed by atoms with Crippen LogP contribution in [0.3, 0.4) is 0 Å². The van der Waals surface area contributed by atoms with E-state index >= 15 is 0 Å². The standard InChI is InChI=1S/C46H62O2/c47-41-38(44-16-28-4-29(17-44)6-30(5-28)18-44)37(43-13-25-1-26(14-43)3-27(2-25)15-43)39(45-19-31-7-32(20-45)9-33(8-31)21-45)42(48)40(41)46-22-34-10-35(23-46)12-36(11-34)24-46/h25-36,47-48H,1-24H2. The largest absolute Gasteiger partial charge is 0.507 e. The number of hydrogen-bond donors (Lipinski definition) is 2. The Kier molecular flexibility index (Phi) is 5.36. The lowest BCUT2D eigenvalue weighted by atomic mass is 9.40. The van der Waals surface area contributed by atoms with Crippen LogP contribution < -0.4 is 0 Å². The van der Waals surface area contributed by atoms with Gasteiger partial charge in [0.2, 0.25) is 0 Å². The van der Waals surface area contributed by atoms with Crippen molar-refractivity contribution in [2.24, 2.45) is 71.0 Å². The van der Waals surface area contributed by atoms with E-state index in [0.29, 0.717) is 0 Å². The minimum atomic E-state index is 0.0248. The van der Waals surface area contributed by atoms with E-state index in [-0.39, 0.29) is 21.7 Å². The second-order valence-corrected chi connectivity index (χ2v) is 23.0. The average molecular weight is 647 g/mol. The number of hydrogen-bond acceptors (Lipinski definition) is 2. The Morgan fingerprint density at radius 2 is 0.417 bits per heavy atom. The summed E-state index contributed by atoms with van der Waals surface area (Å²) >= 11 is 0. The Morgan fingerprint density at radius 3 is 0.625 bits per heavy atom. The normalized spacial score (nSPS) is 57.3. The van der Waals surface area contributed by atoms with E-state index in [0.717, 1.165) is 82.5 Å². The molecule has 0 amide bonds. The van der Waals surface area contributed by atoms with E-state index in [1.54, 1.807) is 16.7 Å². The summed E-state index contributed by atoms with van der Waals surface area (Å²) in [5.74, 6) is 11.8. The SMILES string of the molecule is Oc1c(C23CC4CC(CC(C4)C2)C3)c(O)c(C23CC4CC(CC(C4)C2)C3)c(C23CC4CC(CC(C4)C2)C3)c1C12CC3CC(CC(C3)C1)C2. The molecule has 2 heteroatoms. The van der Waals surface area contributed by atoms with Gasteiger partial charge in [0.25, 0.3) is 0 Å². The highest BCUT2D eigenvalue weighted by atomic mass is 16.3. The monoisotopic (exact) mass is 646 g/mol. The third kappa shape index (κ3) is 3.59. The second-order valence-electron chi connectivity index (χ2n) is 23.0. The molecule has 0 saturated heterocycles. The summed E-state index contributed by atoms with van der Waals surface area (Å²) in [6, 6.07) is 0. The smallest absolute Gasteiger partial charge is 0.127 e. The maximum atomic E-state index is 13.6. The van der Waals surface area contributed by atoms with Crippen LogP contribution in [0.1, 0.15) is 176 Å². The van der Waals surface area contributed by atoms with Gasteiger partial charge >= 0.3 is 0 Å². The van der Waals surface area contributed by atoms with Crippen LogP contribution in [-0.4, -0.2) is 10.2 Å². The fourth-order valence-electron chi connectivity index (χ4n) is 20.5. The molecule has 0 spiro atoms. The van der Waals surface area contributed by atoms with Gasteiger partial charge in [0.15, 0.2) is 0 Å². The van der Waals surface area contributed by atoms with Crippen molar-refractivity contribution in [1.29, 1.82) is 0 Å². The molecule has 0 atom stereocenters. The van der Waals surface area contributed by atoms with Crippen LogP contribution >= 0.6 is 0 Å². The third-order valence-corrected chi connectivity index (χ3v) is 19.7. The zero-order chi connectivity index (χ0) is 31.4. The summed E-state index contributed by atoms with van der Waals surface area (Å²) in [5.41, 5.74) is 6.53. The number of rotatable bonds is 4. The van der Waals surface area contributed by atoms with Crippen molar-refractivity contribution in [2.75, 3.05) is 0 Å². The zero-order valence-electron chi connectivity index (χ0n) is 29.8. The fourth-order valence-corrected chi connectivity index (χ4v) is 20.5. The molecular formula is C46H62O2. The van der Waals surface area contributed by atoms with Gasteiger partial charge in [-0.3, -0.25) is 0 Å².